The Hall–Kier alpha value is -1.40. The molecule has 2 aliphatic rings. The first-order chi connectivity index (χ1) is 10.1. The van der Waals surface area contributed by atoms with Gasteiger partial charge in [0.25, 0.3) is 0 Å². The molecule has 1 aromatic heterocycles. The fourth-order valence-electron chi connectivity index (χ4n) is 3.07. The number of fused-ring (bicyclic) bond motifs is 1. The topological polar surface area (TPSA) is 75.6 Å². The maximum Gasteiger partial charge on any atom is 0.339 e. The number of hydrogen-bond acceptors (Lipinski definition) is 4. The predicted molar refractivity (Wildman–Crippen MR) is 80.1 cm³/mol. The summed E-state index contributed by atoms with van der Waals surface area (Å²) in [4.78, 5) is 24.7. The van der Waals surface area contributed by atoms with E-state index in [1.807, 2.05) is 0 Å². The molecule has 2 heterocycles. The quantitative estimate of drug-likeness (QED) is 0.896. The Morgan fingerprint density at radius 2 is 2.10 bits per heavy atom. The van der Waals surface area contributed by atoms with E-state index < -0.39 is 5.97 Å². The van der Waals surface area contributed by atoms with Gasteiger partial charge < -0.3 is 15.2 Å². The molecule has 1 unspecified atom stereocenters. The number of carboxylic acid groups (broad SMARTS) is 1. The molecule has 0 spiro atoms. The van der Waals surface area contributed by atoms with E-state index in [9.17, 15) is 14.7 Å². The van der Waals surface area contributed by atoms with Crippen LogP contribution >= 0.6 is 11.3 Å². The lowest BCUT2D eigenvalue weighted by molar-refractivity contribution is -0.118. The van der Waals surface area contributed by atoms with Crippen LogP contribution in [-0.4, -0.2) is 29.7 Å². The van der Waals surface area contributed by atoms with Crippen LogP contribution < -0.4 is 5.32 Å². The molecule has 6 heteroatoms. The Kier molecular flexibility index (Phi) is 4.26. The molecule has 2 N–H and O–H groups in total. The molecule has 1 aliphatic carbocycles. The zero-order valence-corrected chi connectivity index (χ0v) is 12.6. The normalized spacial score (nSPS) is 21.0. The van der Waals surface area contributed by atoms with Crippen molar-refractivity contribution in [3.8, 4) is 0 Å². The maximum atomic E-state index is 12.1. The molecule has 1 atom stereocenters. The van der Waals surface area contributed by atoms with E-state index in [1.165, 1.54) is 11.3 Å². The molecule has 21 heavy (non-hydrogen) atoms. The Morgan fingerprint density at radius 3 is 2.81 bits per heavy atom. The van der Waals surface area contributed by atoms with Crippen LogP contribution in [0, 0.1) is 0 Å². The van der Waals surface area contributed by atoms with Gasteiger partial charge in [0.2, 0.25) is 5.91 Å². The van der Waals surface area contributed by atoms with Gasteiger partial charge in [-0.1, -0.05) is 0 Å². The lowest BCUT2D eigenvalue weighted by Crippen LogP contribution is -2.20. The molecule has 1 aliphatic heterocycles. The fourth-order valence-corrected chi connectivity index (χ4v) is 4.37. The number of rotatable bonds is 4. The zero-order chi connectivity index (χ0) is 14.8. The molecule has 3 rings (SSSR count). The Balaban J connectivity index is 1.76. The van der Waals surface area contributed by atoms with Crippen LogP contribution in [0.25, 0.3) is 0 Å². The summed E-state index contributed by atoms with van der Waals surface area (Å²) in [7, 11) is 0. The maximum absolute atomic E-state index is 12.1. The van der Waals surface area contributed by atoms with Gasteiger partial charge in [-0.15, -0.1) is 11.3 Å². The first-order valence-electron chi connectivity index (χ1n) is 7.44. The average Bonchev–Trinajstić information content (AvgIpc) is 3.04. The van der Waals surface area contributed by atoms with Crippen molar-refractivity contribution < 1.29 is 19.4 Å². The standard InChI is InChI=1S/C15H19NO4S/c17-12(8-9-4-3-7-20-9)16-14-13(15(18)19)10-5-1-2-6-11(10)21-14/h9H,1-8H2,(H,16,17)(H,18,19). The minimum absolute atomic E-state index is 0.0205. The third-order valence-electron chi connectivity index (χ3n) is 4.08. The van der Waals surface area contributed by atoms with Gasteiger partial charge in [0.15, 0.2) is 0 Å². The van der Waals surface area contributed by atoms with Crippen molar-refractivity contribution in [3.05, 3.63) is 16.0 Å². The molecular formula is C15H19NO4S. The van der Waals surface area contributed by atoms with Crippen LogP contribution in [0.2, 0.25) is 0 Å². The van der Waals surface area contributed by atoms with E-state index in [1.54, 1.807) is 0 Å². The zero-order valence-electron chi connectivity index (χ0n) is 11.8. The van der Waals surface area contributed by atoms with E-state index in [4.69, 9.17) is 4.74 Å². The largest absolute Gasteiger partial charge is 0.478 e. The number of aromatic carboxylic acids is 1. The van der Waals surface area contributed by atoms with Gasteiger partial charge in [-0.25, -0.2) is 4.79 Å². The highest BCUT2D eigenvalue weighted by Gasteiger charge is 2.27. The van der Waals surface area contributed by atoms with E-state index in [0.717, 1.165) is 49.0 Å². The highest BCUT2D eigenvalue weighted by molar-refractivity contribution is 7.17. The summed E-state index contributed by atoms with van der Waals surface area (Å²) < 4.78 is 5.45. The molecule has 0 saturated carbocycles. The lowest BCUT2D eigenvalue weighted by Gasteiger charge is -2.11. The van der Waals surface area contributed by atoms with Crippen LogP contribution in [0.4, 0.5) is 5.00 Å². The number of hydrogen-bond donors (Lipinski definition) is 2. The summed E-state index contributed by atoms with van der Waals surface area (Å²) in [6.45, 7) is 0.714. The molecular weight excluding hydrogens is 290 g/mol. The van der Waals surface area contributed by atoms with Crippen molar-refractivity contribution >= 4 is 28.2 Å². The highest BCUT2D eigenvalue weighted by atomic mass is 32.1. The van der Waals surface area contributed by atoms with Crippen molar-refractivity contribution in [2.45, 2.75) is 51.0 Å². The summed E-state index contributed by atoms with van der Waals surface area (Å²) in [6, 6.07) is 0. The monoisotopic (exact) mass is 309 g/mol. The van der Waals surface area contributed by atoms with Crippen LogP contribution in [-0.2, 0) is 22.4 Å². The number of aryl methyl sites for hydroxylation is 1. The molecule has 0 aromatic carbocycles. The molecule has 114 valence electrons. The number of nitrogens with one attached hydrogen (secondary N) is 1. The number of anilines is 1. The first kappa shape index (κ1) is 14.5. The minimum Gasteiger partial charge on any atom is -0.478 e. The van der Waals surface area contributed by atoms with Gasteiger partial charge in [0, 0.05) is 11.5 Å². The van der Waals surface area contributed by atoms with Crippen LogP contribution in [0.5, 0.6) is 0 Å². The van der Waals surface area contributed by atoms with Crippen molar-refractivity contribution in [1.29, 1.82) is 0 Å². The summed E-state index contributed by atoms with van der Waals surface area (Å²) in [5.41, 5.74) is 1.22. The van der Waals surface area contributed by atoms with E-state index >= 15 is 0 Å². The van der Waals surface area contributed by atoms with Crippen molar-refractivity contribution in [3.63, 3.8) is 0 Å². The summed E-state index contributed by atoms with van der Waals surface area (Å²) in [5, 5.41) is 12.7. The minimum atomic E-state index is -0.943. The summed E-state index contributed by atoms with van der Waals surface area (Å²) in [6.07, 6.45) is 6.01. The van der Waals surface area contributed by atoms with E-state index in [0.29, 0.717) is 23.6 Å². The van der Waals surface area contributed by atoms with Gasteiger partial charge >= 0.3 is 5.97 Å². The van der Waals surface area contributed by atoms with Gasteiger partial charge in [0.1, 0.15) is 5.00 Å². The number of thiophene rings is 1. The SMILES string of the molecule is O=C(CC1CCCO1)Nc1sc2c(c1C(=O)O)CCCC2. The third-order valence-corrected chi connectivity index (χ3v) is 5.28. The first-order valence-corrected chi connectivity index (χ1v) is 8.26. The second-order valence-corrected chi connectivity index (χ2v) is 6.71. The number of carbonyl (C=O) groups excluding carboxylic acids is 1. The van der Waals surface area contributed by atoms with Gasteiger partial charge in [-0.3, -0.25) is 4.79 Å². The Bertz CT molecular complexity index is 560. The van der Waals surface area contributed by atoms with Crippen molar-refractivity contribution in [1.82, 2.24) is 0 Å². The third kappa shape index (κ3) is 3.11. The Labute approximate surface area is 127 Å². The molecule has 0 bridgehead atoms. The van der Waals surface area contributed by atoms with E-state index in [-0.39, 0.29) is 12.0 Å². The molecule has 5 nitrogen and oxygen atoms in total. The van der Waals surface area contributed by atoms with Crippen molar-refractivity contribution in [2.75, 3.05) is 11.9 Å². The van der Waals surface area contributed by atoms with Crippen LogP contribution in [0.15, 0.2) is 0 Å². The highest BCUT2D eigenvalue weighted by Crippen LogP contribution is 2.38. The molecule has 1 aromatic rings. The second kappa shape index (κ2) is 6.15. The second-order valence-electron chi connectivity index (χ2n) is 5.61. The van der Waals surface area contributed by atoms with Gasteiger partial charge in [0.05, 0.1) is 18.1 Å². The smallest absolute Gasteiger partial charge is 0.339 e. The predicted octanol–water partition coefficient (Wildman–Crippen LogP) is 2.83. The lowest BCUT2D eigenvalue weighted by atomic mass is 9.95. The molecule has 1 saturated heterocycles. The summed E-state index contributed by atoms with van der Waals surface area (Å²) in [5.74, 6) is -1.09. The number of amides is 1. The molecule has 1 amide bonds. The van der Waals surface area contributed by atoms with Crippen molar-refractivity contribution in [2.24, 2.45) is 0 Å². The molecule has 1 fully saturated rings. The van der Waals surface area contributed by atoms with Gasteiger partial charge in [-0.05, 0) is 44.1 Å². The van der Waals surface area contributed by atoms with Crippen LogP contribution in [0.1, 0.15) is 52.9 Å². The fraction of sp³-hybridized carbons (Fsp3) is 0.600. The number of carboxylic acids is 1. The average molecular weight is 309 g/mol. The number of carbonyl (C=O) groups is 2. The number of ether oxygens (including phenoxy) is 1. The van der Waals surface area contributed by atoms with Crippen LogP contribution in [0.3, 0.4) is 0 Å². The Morgan fingerprint density at radius 1 is 1.29 bits per heavy atom. The molecule has 0 radical (unpaired) electrons. The summed E-state index contributed by atoms with van der Waals surface area (Å²) >= 11 is 1.42. The van der Waals surface area contributed by atoms with E-state index in [2.05, 4.69) is 5.32 Å². The van der Waals surface area contributed by atoms with Gasteiger partial charge in [-0.2, -0.15) is 0 Å².